The fourth-order valence-electron chi connectivity index (χ4n) is 4.38. The summed E-state index contributed by atoms with van der Waals surface area (Å²) in [6, 6.07) is 10.2. The lowest BCUT2D eigenvalue weighted by Crippen LogP contribution is -2.49. The topological polar surface area (TPSA) is 75.9 Å². The number of amides is 2. The van der Waals surface area contributed by atoms with Gasteiger partial charge in [-0.1, -0.05) is 30.3 Å². The maximum Gasteiger partial charge on any atom is 0.227 e. The van der Waals surface area contributed by atoms with Gasteiger partial charge in [-0.25, -0.2) is 0 Å². The van der Waals surface area contributed by atoms with E-state index in [4.69, 9.17) is 10.5 Å². The average molecular weight is 373 g/mol. The quantitative estimate of drug-likeness (QED) is 0.876. The molecule has 1 aromatic carbocycles. The first-order chi connectivity index (χ1) is 12.9. The summed E-state index contributed by atoms with van der Waals surface area (Å²) in [5.74, 6) is -0.0198. The molecule has 27 heavy (non-hydrogen) atoms. The van der Waals surface area contributed by atoms with Crippen LogP contribution in [0.1, 0.15) is 38.2 Å². The minimum absolute atomic E-state index is 0.00808. The van der Waals surface area contributed by atoms with Gasteiger partial charge in [-0.05, 0) is 31.2 Å². The monoisotopic (exact) mass is 373 g/mol. The van der Waals surface area contributed by atoms with Crippen LogP contribution in [0.3, 0.4) is 0 Å². The summed E-state index contributed by atoms with van der Waals surface area (Å²) in [4.78, 5) is 28.6. The van der Waals surface area contributed by atoms with E-state index in [9.17, 15) is 9.59 Å². The molecule has 2 N–H and O–H groups in total. The predicted molar refractivity (Wildman–Crippen MR) is 104 cm³/mol. The molecule has 148 valence electrons. The van der Waals surface area contributed by atoms with Gasteiger partial charge in [0.1, 0.15) is 0 Å². The molecule has 0 aromatic heterocycles. The van der Waals surface area contributed by atoms with Crippen molar-refractivity contribution >= 4 is 11.8 Å². The van der Waals surface area contributed by atoms with E-state index in [2.05, 4.69) is 12.1 Å². The van der Waals surface area contributed by atoms with Gasteiger partial charge in [-0.3, -0.25) is 9.59 Å². The van der Waals surface area contributed by atoms with E-state index in [0.717, 1.165) is 25.7 Å². The van der Waals surface area contributed by atoms with Crippen LogP contribution in [0.5, 0.6) is 0 Å². The van der Waals surface area contributed by atoms with E-state index in [1.165, 1.54) is 5.56 Å². The molecule has 2 fully saturated rings. The SMILES string of the molecule is COC1(c2ccccc2)CCN(C(=O)[C@@H]2CC[C@H](N)CN(C(C)=O)C2)CC1. The molecule has 2 atom stereocenters. The van der Waals surface area contributed by atoms with Crippen molar-refractivity contribution in [2.24, 2.45) is 11.7 Å². The van der Waals surface area contributed by atoms with Crippen molar-refractivity contribution in [3.8, 4) is 0 Å². The Hall–Kier alpha value is -1.92. The number of rotatable bonds is 3. The number of methoxy groups -OCH3 is 1. The van der Waals surface area contributed by atoms with Gasteiger partial charge >= 0.3 is 0 Å². The van der Waals surface area contributed by atoms with Gasteiger partial charge in [0.05, 0.1) is 11.5 Å². The molecule has 6 nitrogen and oxygen atoms in total. The summed E-state index contributed by atoms with van der Waals surface area (Å²) in [6.07, 6.45) is 3.08. The van der Waals surface area contributed by atoms with Gasteiger partial charge in [0.25, 0.3) is 0 Å². The van der Waals surface area contributed by atoms with Crippen LogP contribution in [-0.4, -0.2) is 60.9 Å². The molecule has 0 radical (unpaired) electrons. The Balaban J connectivity index is 1.66. The van der Waals surface area contributed by atoms with Gasteiger partial charge < -0.3 is 20.3 Å². The largest absolute Gasteiger partial charge is 0.373 e. The predicted octanol–water partition coefficient (Wildman–Crippen LogP) is 1.74. The van der Waals surface area contributed by atoms with Crippen molar-refractivity contribution in [1.29, 1.82) is 0 Å². The zero-order valence-electron chi connectivity index (χ0n) is 16.4. The normalized spacial score (nSPS) is 25.7. The molecule has 0 aliphatic carbocycles. The molecule has 2 saturated heterocycles. The second-order valence-corrected chi connectivity index (χ2v) is 7.85. The number of piperidine rings is 1. The smallest absolute Gasteiger partial charge is 0.227 e. The third-order valence-corrected chi connectivity index (χ3v) is 6.15. The second kappa shape index (κ2) is 8.40. The molecule has 2 amide bonds. The van der Waals surface area contributed by atoms with Gasteiger partial charge in [0.15, 0.2) is 0 Å². The maximum absolute atomic E-state index is 13.1. The first kappa shape index (κ1) is 19.8. The average Bonchev–Trinajstić information content (AvgIpc) is 2.90. The van der Waals surface area contributed by atoms with E-state index in [1.807, 2.05) is 23.1 Å². The summed E-state index contributed by atoms with van der Waals surface area (Å²) < 4.78 is 5.91. The highest BCUT2D eigenvalue weighted by atomic mass is 16.5. The first-order valence-electron chi connectivity index (χ1n) is 9.86. The maximum atomic E-state index is 13.1. The third kappa shape index (κ3) is 4.33. The Morgan fingerprint density at radius 3 is 2.33 bits per heavy atom. The number of carbonyl (C=O) groups excluding carboxylic acids is 2. The molecule has 1 aromatic rings. The van der Waals surface area contributed by atoms with E-state index >= 15 is 0 Å². The van der Waals surface area contributed by atoms with Crippen LogP contribution in [0.4, 0.5) is 0 Å². The number of hydrogen-bond donors (Lipinski definition) is 1. The van der Waals surface area contributed by atoms with Crippen LogP contribution in [-0.2, 0) is 19.9 Å². The van der Waals surface area contributed by atoms with Crippen LogP contribution in [0.15, 0.2) is 30.3 Å². The summed E-state index contributed by atoms with van der Waals surface area (Å²) in [5.41, 5.74) is 6.93. The lowest BCUT2D eigenvalue weighted by atomic mass is 9.83. The van der Waals surface area contributed by atoms with Gasteiger partial charge in [-0.15, -0.1) is 0 Å². The number of nitrogens with zero attached hydrogens (tertiary/aromatic N) is 2. The van der Waals surface area contributed by atoms with Gasteiger partial charge in [0.2, 0.25) is 11.8 Å². The number of hydrogen-bond acceptors (Lipinski definition) is 4. The van der Waals surface area contributed by atoms with E-state index in [1.54, 1.807) is 18.9 Å². The third-order valence-electron chi connectivity index (χ3n) is 6.15. The number of carbonyl (C=O) groups is 2. The van der Waals surface area contributed by atoms with Crippen LogP contribution < -0.4 is 5.73 Å². The van der Waals surface area contributed by atoms with E-state index < -0.39 is 0 Å². The zero-order chi connectivity index (χ0) is 19.4. The highest BCUT2D eigenvalue weighted by Gasteiger charge is 2.39. The van der Waals surface area contributed by atoms with E-state index in [0.29, 0.717) is 26.2 Å². The molecule has 2 heterocycles. The van der Waals surface area contributed by atoms with Gasteiger partial charge in [0, 0.05) is 46.3 Å². The van der Waals surface area contributed by atoms with Crippen molar-refractivity contribution in [3.05, 3.63) is 35.9 Å². The molecule has 6 heteroatoms. The molecule has 0 unspecified atom stereocenters. The fraction of sp³-hybridized carbons (Fsp3) is 0.619. The molecular weight excluding hydrogens is 342 g/mol. The standard InChI is InChI=1S/C21H31N3O3/c1-16(25)24-14-17(8-9-19(22)15-24)20(26)23-12-10-21(27-2,11-13-23)18-6-4-3-5-7-18/h3-7,17,19H,8-15,22H2,1-2H3/t17-,19+/m1/s1. The van der Waals surface area contributed by atoms with Crippen molar-refractivity contribution in [2.75, 3.05) is 33.3 Å². The first-order valence-corrected chi connectivity index (χ1v) is 9.86. The molecule has 0 bridgehead atoms. The summed E-state index contributed by atoms with van der Waals surface area (Å²) >= 11 is 0. The van der Waals surface area contributed by atoms with Crippen molar-refractivity contribution in [2.45, 2.75) is 44.2 Å². The zero-order valence-corrected chi connectivity index (χ0v) is 16.4. The van der Waals surface area contributed by atoms with Crippen LogP contribution in [0, 0.1) is 5.92 Å². The second-order valence-electron chi connectivity index (χ2n) is 7.85. The number of nitrogens with two attached hydrogens (primary N) is 1. The lowest BCUT2D eigenvalue weighted by molar-refractivity contribution is -0.143. The van der Waals surface area contributed by atoms with Crippen molar-refractivity contribution in [1.82, 2.24) is 9.80 Å². The minimum atomic E-state index is -0.324. The highest BCUT2D eigenvalue weighted by molar-refractivity contribution is 5.80. The summed E-state index contributed by atoms with van der Waals surface area (Å²) in [7, 11) is 1.75. The Bertz CT molecular complexity index is 656. The lowest BCUT2D eigenvalue weighted by Gasteiger charge is -2.42. The Morgan fingerprint density at radius 2 is 1.74 bits per heavy atom. The molecule has 0 spiro atoms. The van der Waals surface area contributed by atoms with Crippen LogP contribution in [0.2, 0.25) is 0 Å². The van der Waals surface area contributed by atoms with Crippen molar-refractivity contribution < 1.29 is 14.3 Å². The number of benzene rings is 1. The van der Waals surface area contributed by atoms with E-state index in [-0.39, 0.29) is 29.4 Å². The molecule has 3 rings (SSSR count). The molecular formula is C21H31N3O3. The summed E-state index contributed by atoms with van der Waals surface area (Å²) in [6.45, 7) is 3.91. The van der Waals surface area contributed by atoms with Crippen LogP contribution >= 0.6 is 0 Å². The molecule has 2 aliphatic heterocycles. The number of likely N-dealkylation sites (tertiary alicyclic amines) is 2. The Kier molecular flexibility index (Phi) is 6.17. The minimum Gasteiger partial charge on any atom is -0.373 e. The fourth-order valence-corrected chi connectivity index (χ4v) is 4.38. The van der Waals surface area contributed by atoms with Gasteiger partial charge in [-0.2, -0.15) is 0 Å². The van der Waals surface area contributed by atoms with Crippen LogP contribution in [0.25, 0.3) is 0 Å². The molecule has 0 saturated carbocycles. The molecule has 2 aliphatic rings. The van der Waals surface area contributed by atoms with Crippen molar-refractivity contribution in [3.63, 3.8) is 0 Å². The Labute approximate surface area is 161 Å². The highest BCUT2D eigenvalue weighted by Crippen LogP contribution is 2.36. The number of ether oxygens (including phenoxy) is 1. The Morgan fingerprint density at radius 1 is 1.07 bits per heavy atom. The summed E-state index contributed by atoms with van der Waals surface area (Å²) in [5, 5.41) is 0.